The zero-order valence-electron chi connectivity index (χ0n) is 13.8. The Hall–Kier alpha value is -2.37. The normalized spacial score (nSPS) is 23.0. The van der Waals surface area contributed by atoms with Gasteiger partial charge in [-0.05, 0) is 24.5 Å². The first-order valence-electron chi connectivity index (χ1n) is 8.31. The minimum Gasteiger partial charge on any atom is -0.481 e. The largest absolute Gasteiger partial charge is 0.481 e. The average Bonchev–Trinajstić information content (AvgIpc) is 3.37. The lowest BCUT2D eigenvalue weighted by molar-refractivity contribution is -0.143. The van der Waals surface area contributed by atoms with E-state index in [1.807, 2.05) is 31.2 Å². The maximum atomic E-state index is 12.4. The van der Waals surface area contributed by atoms with Crippen molar-refractivity contribution in [2.75, 3.05) is 26.2 Å². The topological polar surface area (TPSA) is 77.9 Å². The molecule has 1 aromatic carbocycles. The molecule has 1 heterocycles. The molecule has 6 heteroatoms. The van der Waals surface area contributed by atoms with Crippen molar-refractivity contribution in [3.8, 4) is 0 Å². The number of rotatable bonds is 4. The molecule has 0 aromatic heterocycles. The van der Waals surface area contributed by atoms with Crippen LogP contribution in [0.5, 0.6) is 0 Å². The van der Waals surface area contributed by atoms with E-state index in [1.165, 1.54) is 0 Å². The van der Waals surface area contributed by atoms with Crippen LogP contribution in [0.3, 0.4) is 0 Å². The molecule has 1 aliphatic heterocycles. The van der Waals surface area contributed by atoms with E-state index >= 15 is 0 Å². The van der Waals surface area contributed by atoms with Gasteiger partial charge < -0.3 is 14.9 Å². The molecule has 1 aromatic rings. The summed E-state index contributed by atoms with van der Waals surface area (Å²) in [7, 11) is 0. The third-order valence-corrected chi connectivity index (χ3v) is 4.97. The second-order valence-corrected chi connectivity index (χ2v) is 6.60. The van der Waals surface area contributed by atoms with E-state index in [0.717, 1.165) is 11.1 Å². The van der Waals surface area contributed by atoms with Crippen LogP contribution in [0.4, 0.5) is 0 Å². The number of benzene rings is 1. The van der Waals surface area contributed by atoms with Gasteiger partial charge >= 0.3 is 5.97 Å². The van der Waals surface area contributed by atoms with Gasteiger partial charge in [0.25, 0.3) is 0 Å². The molecule has 0 bridgehead atoms. The van der Waals surface area contributed by atoms with Crippen LogP contribution in [0.1, 0.15) is 17.5 Å². The minimum atomic E-state index is -0.889. The number of carboxylic acid groups (broad SMARTS) is 1. The number of amides is 2. The molecule has 2 aliphatic rings. The number of carbonyl (C=O) groups is 3. The molecular weight excluding hydrogens is 308 g/mol. The molecule has 2 atom stereocenters. The maximum absolute atomic E-state index is 12.4. The van der Waals surface area contributed by atoms with Gasteiger partial charge in [-0.3, -0.25) is 14.4 Å². The summed E-state index contributed by atoms with van der Waals surface area (Å²) in [5.41, 5.74) is 2.14. The van der Waals surface area contributed by atoms with Gasteiger partial charge in [0.2, 0.25) is 11.8 Å². The lowest BCUT2D eigenvalue weighted by Gasteiger charge is -2.35. The summed E-state index contributed by atoms with van der Waals surface area (Å²) in [6, 6.07) is 7.84. The van der Waals surface area contributed by atoms with Crippen molar-refractivity contribution in [2.45, 2.75) is 19.8 Å². The summed E-state index contributed by atoms with van der Waals surface area (Å²) in [5, 5.41) is 8.92. The van der Waals surface area contributed by atoms with Crippen molar-refractivity contribution in [2.24, 2.45) is 11.8 Å². The molecule has 2 fully saturated rings. The Bertz CT molecular complexity index is 665. The summed E-state index contributed by atoms with van der Waals surface area (Å²) < 4.78 is 0. The van der Waals surface area contributed by atoms with Gasteiger partial charge in [0.05, 0.1) is 18.3 Å². The van der Waals surface area contributed by atoms with Crippen molar-refractivity contribution in [3.05, 3.63) is 35.4 Å². The van der Waals surface area contributed by atoms with E-state index in [1.54, 1.807) is 9.80 Å². The maximum Gasteiger partial charge on any atom is 0.307 e. The summed E-state index contributed by atoms with van der Waals surface area (Å²) in [4.78, 5) is 39.0. The van der Waals surface area contributed by atoms with Crippen molar-refractivity contribution in [1.29, 1.82) is 0 Å². The Morgan fingerprint density at radius 3 is 2.25 bits per heavy atom. The molecule has 24 heavy (non-hydrogen) atoms. The molecule has 1 saturated heterocycles. The fourth-order valence-electron chi connectivity index (χ4n) is 3.23. The van der Waals surface area contributed by atoms with Crippen molar-refractivity contribution < 1.29 is 19.5 Å². The molecule has 3 rings (SSSR count). The number of piperazine rings is 1. The summed E-state index contributed by atoms with van der Waals surface area (Å²) in [5.74, 6) is -1.77. The van der Waals surface area contributed by atoms with Crippen molar-refractivity contribution in [1.82, 2.24) is 9.80 Å². The van der Waals surface area contributed by atoms with Crippen molar-refractivity contribution >= 4 is 17.8 Å². The number of aryl methyl sites for hydroxylation is 1. The van der Waals surface area contributed by atoms with Crippen LogP contribution >= 0.6 is 0 Å². The van der Waals surface area contributed by atoms with Gasteiger partial charge in [0, 0.05) is 26.2 Å². The molecule has 1 aliphatic carbocycles. The minimum absolute atomic E-state index is 0.0752. The molecule has 0 unspecified atom stereocenters. The van der Waals surface area contributed by atoms with E-state index in [-0.39, 0.29) is 17.7 Å². The standard InChI is InChI=1S/C18H22N2O4/c1-12-4-2-3-5-13(12)10-16(21)19-6-8-20(9-7-19)17(22)14-11-15(14)18(23)24/h2-5,14-15H,6-11H2,1H3,(H,23,24)/t14-,15-/m1/s1. The molecule has 1 N–H and O–H groups in total. The van der Waals surface area contributed by atoms with Gasteiger partial charge in [-0.1, -0.05) is 24.3 Å². The number of nitrogens with zero attached hydrogens (tertiary/aromatic N) is 2. The summed E-state index contributed by atoms with van der Waals surface area (Å²) >= 11 is 0. The first kappa shape index (κ1) is 16.5. The van der Waals surface area contributed by atoms with Gasteiger partial charge in [0.15, 0.2) is 0 Å². The highest BCUT2D eigenvalue weighted by Gasteiger charge is 2.50. The first-order valence-corrected chi connectivity index (χ1v) is 8.31. The van der Waals surface area contributed by atoms with Crippen LogP contribution in [0, 0.1) is 18.8 Å². The fraction of sp³-hybridized carbons (Fsp3) is 0.500. The van der Waals surface area contributed by atoms with E-state index in [9.17, 15) is 14.4 Å². The van der Waals surface area contributed by atoms with Crippen molar-refractivity contribution in [3.63, 3.8) is 0 Å². The van der Waals surface area contributed by atoms with Crippen LogP contribution in [-0.2, 0) is 20.8 Å². The van der Waals surface area contributed by atoms with Crippen LogP contribution < -0.4 is 0 Å². The predicted octanol–water partition coefficient (Wildman–Crippen LogP) is 0.929. The number of carboxylic acids is 1. The van der Waals surface area contributed by atoms with Crippen LogP contribution in [-0.4, -0.2) is 58.9 Å². The quantitative estimate of drug-likeness (QED) is 0.891. The fourth-order valence-corrected chi connectivity index (χ4v) is 3.23. The highest BCUT2D eigenvalue weighted by molar-refractivity contribution is 5.89. The third-order valence-electron chi connectivity index (χ3n) is 4.97. The molecule has 0 radical (unpaired) electrons. The first-order chi connectivity index (χ1) is 11.5. The zero-order valence-corrected chi connectivity index (χ0v) is 13.8. The zero-order chi connectivity index (χ0) is 17.3. The second-order valence-electron chi connectivity index (χ2n) is 6.60. The van der Waals surface area contributed by atoms with Gasteiger partial charge in [-0.2, -0.15) is 0 Å². The summed E-state index contributed by atoms with van der Waals surface area (Å²) in [6.07, 6.45) is 0.824. The van der Waals surface area contributed by atoms with Crippen LogP contribution in [0.15, 0.2) is 24.3 Å². The van der Waals surface area contributed by atoms with E-state index in [0.29, 0.717) is 39.0 Å². The van der Waals surface area contributed by atoms with Crippen LogP contribution in [0.2, 0.25) is 0 Å². The van der Waals surface area contributed by atoms with E-state index in [2.05, 4.69) is 0 Å². The molecule has 2 amide bonds. The Morgan fingerprint density at radius 2 is 1.67 bits per heavy atom. The van der Waals surface area contributed by atoms with E-state index < -0.39 is 11.9 Å². The number of hydrogen-bond donors (Lipinski definition) is 1. The van der Waals surface area contributed by atoms with Gasteiger partial charge in [-0.25, -0.2) is 0 Å². The number of carbonyl (C=O) groups excluding carboxylic acids is 2. The highest BCUT2D eigenvalue weighted by Crippen LogP contribution is 2.40. The Labute approximate surface area is 141 Å². The smallest absolute Gasteiger partial charge is 0.307 e. The molecule has 0 spiro atoms. The van der Waals surface area contributed by atoms with Gasteiger partial charge in [0.1, 0.15) is 0 Å². The molecule has 128 valence electrons. The third kappa shape index (κ3) is 3.42. The number of hydrogen-bond acceptors (Lipinski definition) is 3. The monoisotopic (exact) mass is 330 g/mol. The Balaban J connectivity index is 1.50. The lowest BCUT2D eigenvalue weighted by Crippen LogP contribution is -2.51. The summed E-state index contributed by atoms with van der Waals surface area (Å²) in [6.45, 7) is 4.00. The van der Waals surface area contributed by atoms with Crippen LogP contribution in [0.25, 0.3) is 0 Å². The molecule has 1 saturated carbocycles. The van der Waals surface area contributed by atoms with E-state index in [4.69, 9.17) is 5.11 Å². The van der Waals surface area contributed by atoms with Gasteiger partial charge in [-0.15, -0.1) is 0 Å². The number of aliphatic carboxylic acids is 1. The predicted molar refractivity (Wildman–Crippen MR) is 87.3 cm³/mol. The molecule has 6 nitrogen and oxygen atoms in total. The molecular formula is C18H22N2O4. The average molecular weight is 330 g/mol. The Morgan fingerprint density at radius 1 is 1.04 bits per heavy atom. The second kappa shape index (κ2) is 6.63. The Kier molecular flexibility index (Phi) is 4.55. The lowest BCUT2D eigenvalue weighted by atomic mass is 10.1. The SMILES string of the molecule is Cc1ccccc1CC(=O)N1CCN(C(=O)[C@@H]2C[C@H]2C(=O)O)CC1. The highest BCUT2D eigenvalue weighted by atomic mass is 16.4.